The quantitative estimate of drug-likeness (QED) is 0.0805. The van der Waals surface area contributed by atoms with Crippen LogP contribution in [0.15, 0.2) is 137 Å². The lowest BCUT2D eigenvalue weighted by Crippen LogP contribution is -2.29. The van der Waals surface area contributed by atoms with Crippen molar-refractivity contribution in [3.05, 3.63) is 144 Å². The first-order valence-electron chi connectivity index (χ1n) is 20.8. The molecule has 0 radical (unpaired) electrons. The van der Waals surface area contributed by atoms with Gasteiger partial charge in [0, 0.05) is 52.4 Å². The first-order chi connectivity index (χ1) is 30.3. The van der Waals surface area contributed by atoms with Gasteiger partial charge in [-0.3, -0.25) is 9.72 Å². The third kappa shape index (κ3) is 10.8. The molecule has 1 aliphatic heterocycles. The number of thioether (sulfide) groups is 1. The fraction of sp³-hybridized carbons (Fsp3) is 0.292. The molecule has 7 aromatic rings. The van der Waals surface area contributed by atoms with Crippen LogP contribution in [0.3, 0.4) is 0 Å². The van der Waals surface area contributed by atoms with Crippen molar-refractivity contribution in [3.63, 3.8) is 0 Å². The summed E-state index contributed by atoms with van der Waals surface area (Å²) < 4.78 is 27.6. The second-order valence-corrected chi connectivity index (χ2v) is 17.5. The lowest BCUT2D eigenvalue weighted by Gasteiger charge is -2.22. The third-order valence-electron chi connectivity index (χ3n) is 10.4. The van der Waals surface area contributed by atoms with Crippen molar-refractivity contribution in [2.24, 2.45) is 0 Å². The van der Waals surface area contributed by atoms with Crippen molar-refractivity contribution < 1.29 is 23.7 Å². The Morgan fingerprint density at radius 1 is 0.887 bits per heavy atom. The Bertz CT molecular complexity index is 2570. The van der Waals surface area contributed by atoms with Gasteiger partial charge in [-0.2, -0.15) is 16.9 Å². The van der Waals surface area contributed by atoms with Gasteiger partial charge in [-0.15, -0.1) is 10.2 Å². The summed E-state index contributed by atoms with van der Waals surface area (Å²) in [5, 5.41) is 20.2. The van der Waals surface area contributed by atoms with Crippen molar-refractivity contribution in [1.82, 2.24) is 29.7 Å². The Balaban J connectivity index is 0.949. The Kier molecular flexibility index (Phi) is 14.1. The highest BCUT2D eigenvalue weighted by Gasteiger charge is 2.26. The van der Waals surface area contributed by atoms with E-state index >= 15 is 0 Å². The van der Waals surface area contributed by atoms with Gasteiger partial charge in [-0.25, -0.2) is 9.48 Å². The predicted molar refractivity (Wildman–Crippen MR) is 246 cm³/mol. The average molecular weight is 870 g/mol. The summed E-state index contributed by atoms with van der Waals surface area (Å²) in [6, 6.07) is 39.3. The van der Waals surface area contributed by atoms with Crippen LogP contribution >= 0.6 is 23.5 Å². The SMILES string of the molecule is CSCC(C)(C)c1cc(NC(=O)NCc2ccccc2Sc2ccc3nnc(-c4ccccc4OCc4ccccc4)n3c2)n(-c2cccc(OCCOC3CCCCO3)c2)n1. The summed E-state index contributed by atoms with van der Waals surface area (Å²) in [6.45, 7) is 6.62. The highest BCUT2D eigenvalue weighted by Crippen LogP contribution is 2.34. The molecule has 1 aliphatic rings. The number of urea groups is 1. The highest BCUT2D eigenvalue weighted by molar-refractivity contribution is 7.99. The van der Waals surface area contributed by atoms with E-state index in [0.29, 0.717) is 43.8 Å². The molecule has 12 nitrogen and oxygen atoms in total. The number of hydrogen-bond acceptors (Lipinski definition) is 10. The fourth-order valence-electron chi connectivity index (χ4n) is 7.16. The molecule has 3 aromatic heterocycles. The molecule has 0 saturated carbocycles. The van der Waals surface area contributed by atoms with Gasteiger partial charge in [0.15, 0.2) is 17.8 Å². The van der Waals surface area contributed by atoms with Crippen LogP contribution in [0.25, 0.3) is 22.7 Å². The molecule has 2 amide bonds. The average Bonchev–Trinajstić information content (AvgIpc) is 3.93. The van der Waals surface area contributed by atoms with Gasteiger partial charge in [0.25, 0.3) is 0 Å². The van der Waals surface area contributed by atoms with E-state index in [9.17, 15) is 4.79 Å². The van der Waals surface area contributed by atoms with Gasteiger partial charge < -0.3 is 24.3 Å². The molecule has 4 aromatic carbocycles. The van der Waals surface area contributed by atoms with Crippen molar-refractivity contribution in [2.75, 3.05) is 37.1 Å². The molecule has 2 N–H and O–H groups in total. The molecule has 8 rings (SSSR count). The molecule has 4 heterocycles. The summed E-state index contributed by atoms with van der Waals surface area (Å²) >= 11 is 3.37. The molecule has 14 heteroatoms. The second-order valence-electron chi connectivity index (χ2n) is 15.6. The van der Waals surface area contributed by atoms with E-state index in [2.05, 4.69) is 47.0 Å². The van der Waals surface area contributed by atoms with E-state index in [-0.39, 0.29) is 17.7 Å². The number of nitrogens with one attached hydrogen (secondary N) is 2. The number of benzene rings is 4. The highest BCUT2D eigenvalue weighted by atomic mass is 32.2. The third-order valence-corrected chi connectivity index (χ3v) is 12.5. The standard InChI is InChI=1S/C48H51N7O5S2/c1-48(2,33-61-3)42-29-44(55(53-42)36-17-13-18-37(28-36)57-26-27-59-45-22-11-12-25-58-45)50-47(56)49-30-35-16-7-10-21-41(35)62-38-23-24-43-51-52-46(54(43)31-38)39-19-8-9-20-40(39)60-32-34-14-5-4-6-15-34/h4-10,13-21,23-24,28-29,31,45H,11-12,22,25-27,30,32-33H2,1-3H3,(H2,49,50,56). The Morgan fingerprint density at radius 2 is 1.73 bits per heavy atom. The van der Waals surface area contributed by atoms with E-state index < -0.39 is 0 Å². The van der Waals surface area contributed by atoms with Crippen LogP contribution in [-0.4, -0.2) is 68.5 Å². The Labute approximate surface area is 370 Å². The van der Waals surface area contributed by atoms with Gasteiger partial charge in [0.1, 0.15) is 30.5 Å². The van der Waals surface area contributed by atoms with Gasteiger partial charge in [-0.05, 0) is 79.1 Å². The molecule has 0 aliphatic carbocycles. The molecule has 1 fully saturated rings. The molecular formula is C48H51N7O5S2. The summed E-state index contributed by atoms with van der Waals surface area (Å²) in [5.74, 6) is 3.50. The molecule has 1 atom stereocenters. The zero-order chi connectivity index (χ0) is 42.7. The molecule has 1 unspecified atom stereocenters. The number of hydrogen-bond donors (Lipinski definition) is 2. The van der Waals surface area contributed by atoms with E-state index in [1.807, 2.05) is 126 Å². The number of para-hydroxylation sites is 1. The van der Waals surface area contributed by atoms with E-state index in [1.165, 1.54) is 0 Å². The number of amides is 2. The molecule has 1 saturated heterocycles. The molecule has 0 bridgehead atoms. The lowest BCUT2D eigenvalue weighted by molar-refractivity contribution is -0.165. The number of fused-ring (bicyclic) bond motifs is 1. The van der Waals surface area contributed by atoms with Crippen LogP contribution < -0.4 is 20.1 Å². The summed E-state index contributed by atoms with van der Waals surface area (Å²) in [5.41, 5.74) is 5.02. The second kappa shape index (κ2) is 20.4. The topological polar surface area (TPSA) is 126 Å². The van der Waals surface area contributed by atoms with Gasteiger partial charge in [0.2, 0.25) is 0 Å². The van der Waals surface area contributed by atoms with Gasteiger partial charge >= 0.3 is 6.03 Å². The maximum atomic E-state index is 13.7. The molecule has 0 spiro atoms. The first kappa shape index (κ1) is 42.9. The van der Waals surface area contributed by atoms with E-state index in [0.717, 1.165) is 80.9 Å². The number of ether oxygens (including phenoxy) is 4. The Morgan fingerprint density at radius 3 is 2.58 bits per heavy atom. The number of carbonyl (C=O) groups excluding carboxylic acids is 1. The van der Waals surface area contributed by atoms with Crippen LogP contribution in [0.5, 0.6) is 11.5 Å². The smallest absolute Gasteiger partial charge is 0.320 e. The van der Waals surface area contributed by atoms with E-state index in [1.54, 1.807) is 28.2 Å². The maximum absolute atomic E-state index is 13.7. The minimum atomic E-state index is -0.349. The minimum Gasteiger partial charge on any atom is -0.491 e. The number of carbonyl (C=O) groups is 1. The monoisotopic (exact) mass is 869 g/mol. The number of aromatic nitrogens is 5. The maximum Gasteiger partial charge on any atom is 0.320 e. The van der Waals surface area contributed by atoms with Crippen LogP contribution in [0.1, 0.15) is 49.9 Å². The lowest BCUT2D eigenvalue weighted by atomic mass is 9.92. The van der Waals surface area contributed by atoms with Crippen molar-refractivity contribution in [3.8, 4) is 28.6 Å². The van der Waals surface area contributed by atoms with Crippen LogP contribution in [0, 0.1) is 0 Å². The van der Waals surface area contributed by atoms with Crippen LogP contribution in [0.2, 0.25) is 0 Å². The van der Waals surface area contributed by atoms with Crippen LogP contribution in [-0.2, 0) is 28.0 Å². The molecular weight excluding hydrogens is 819 g/mol. The number of rotatable bonds is 18. The summed E-state index contributed by atoms with van der Waals surface area (Å²) in [4.78, 5) is 15.7. The number of nitrogens with zero attached hydrogens (tertiary/aromatic N) is 5. The van der Waals surface area contributed by atoms with Crippen molar-refractivity contribution in [1.29, 1.82) is 0 Å². The normalized spacial score (nSPS) is 14.1. The van der Waals surface area contributed by atoms with Gasteiger partial charge in [0.05, 0.1) is 23.6 Å². The zero-order valence-corrected chi connectivity index (χ0v) is 36.8. The molecule has 320 valence electrons. The van der Waals surface area contributed by atoms with Crippen molar-refractivity contribution in [2.45, 2.75) is 67.8 Å². The zero-order valence-electron chi connectivity index (χ0n) is 35.2. The predicted octanol–water partition coefficient (Wildman–Crippen LogP) is 10.2. The number of pyridine rings is 1. The first-order valence-corrected chi connectivity index (χ1v) is 23.0. The summed E-state index contributed by atoms with van der Waals surface area (Å²) in [7, 11) is 0. The van der Waals surface area contributed by atoms with Gasteiger partial charge in [-0.1, -0.05) is 92.3 Å². The number of anilines is 1. The minimum absolute atomic E-state index is 0.164. The molecule has 62 heavy (non-hydrogen) atoms. The van der Waals surface area contributed by atoms with Crippen molar-refractivity contribution >= 4 is 41.0 Å². The Hall–Kier alpha value is -5.80. The van der Waals surface area contributed by atoms with Crippen LogP contribution in [0.4, 0.5) is 10.6 Å². The largest absolute Gasteiger partial charge is 0.491 e. The van der Waals surface area contributed by atoms with E-state index in [4.69, 9.17) is 24.0 Å². The fourth-order valence-corrected chi connectivity index (χ4v) is 9.00. The summed E-state index contributed by atoms with van der Waals surface area (Å²) in [6.07, 6.45) is 7.06.